The molecule has 0 saturated carbocycles. The van der Waals surface area contributed by atoms with Gasteiger partial charge in [0.15, 0.2) is 0 Å². The highest BCUT2D eigenvalue weighted by molar-refractivity contribution is 9.10. The third-order valence-electron chi connectivity index (χ3n) is 2.65. The molecule has 5 heteroatoms. The Morgan fingerprint density at radius 3 is 2.56 bits per heavy atom. The Morgan fingerprint density at radius 2 is 2.06 bits per heavy atom. The zero-order valence-corrected chi connectivity index (χ0v) is 12.6. The van der Waals surface area contributed by atoms with Gasteiger partial charge in [0.05, 0.1) is 18.7 Å². The number of hydrogen-bond donors (Lipinski definition) is 1. The molecule has 1 aromatic rings. The predicted molar refractivity (Wildman–Crippen MR) is 73.6 cm³/mol. The molecule has 0 amide bonds. The van der Waals surface area contributed by atoms with Crippen molar-refractivity contribution in [1.29, 1.82) is 0 Å². The second kappa shape index (κ2) is 6.20. The highest BCUT2D eigenvalue weighted by Gasteiger charge is 2.27. The monoisotopic (exact) mass is 315 g/mol. The average Bonchev–Trinajstić information content (AvgIpc) is 2.35. The van der Waals surface area contributed by atoms with E-state index in [4.69, 9.17) is 9.47 Å². The molecule has 1 aromatic carbocycles. The molecule has 0 spiro atoms. The van der Waals surface area contributed by atoms with Crippen molar-refractivity contribution in [2.24, 2.45) is 0 Å². The van der Waals surface area contributed by atoms with Crippen LogP contribution in [0.2, 0.25) is 0 Å². The lowest BCUT2D eigenvalue weighted by Gasteiger charge is -2.23. The number of ether oxygens (including phenoxy) is 2. The van der Waals surface area contributed by atoms with Crippen LogP contribution in [0.1, 0.15) is 19.4 Å². The van der Waals surface area contributed by atoms with Gasteiger partial charge >= 0.3 is 5.97 Å². The van der Waals surface area contributed by atoms with Gasteiger partial charge in [-0.3, -0.25) is 10.1 Å². The minimum atomic E-state index is -0.707. The van der Waals surface area contributed by atoms with Gasteiger partial charge in [-0.1, -0.05) is 6.07 Å². The number of methoxy groups -OCH3 is 2. The van der Waals surface area contributed by atoms with Gasteiger partial charge in [0, 0.05) is 6.54 Å². The second-order valence-electron chi connectivity index (χ2n) is 4.44. The molecule has 0 aliphatic heterocycles. The normalized spacial score (nSPS) is 11.2. The Balaban J connectivity index is 2.69. The van der Waals surface area contributed by atoms with E-state index in [0.717, 1.165) is 15.8 Å². The molecular weight excluding hydrogens is 298 g/mol. The topological polar surface area (TPSA) is 47.6 Å². The molecule has 0 unspecified atom stereocenters. The van der Waals surface area contributed by atoms with E-state index in [2.05, 4.69) is 21.2 Å². The van der Waals surface area contributed by atoms with Crippen molar-refractivity contribution in [2.75, 3.05) is 14.2 Å². The average molecular weight is 316 g/mol. The summed E-state index contributed by atoms with van der Waals surface area (Å²) in [7, 11) is 3.01. The fourth-order valence-electron chi connectivity index (χ4n) is 1.47. The summed E-state index contributed by atoms with van der Waals surface area (Å²) in [5.74, 6) is 0.501. The van der Waals surface area contributed by atoms with Gasteiger partial charge < -0.3 is 9.47 Å². The van der Waals surface area contributed by atoms with Gasteiger partial charge in [-0.05, 0) is 47.5 Å². The van der Waals surface area contributed by atoms with Gasteiger partial charge in [-0.25, -0.2) is 0 Å². The summed E-state index contributed by atoms with van der Waals surface area (Å²) >= 11 is 3.43. The molecule has 0 atom stereocenters. The maximum absolute atomic E-state index is 11.5. The Hall–Kier alpha value is -1.07. The van der Waals surface area contributed by atoms with Crippen LogP contribution in [0.15, 0.2) is 22.7 Å². The summed E-state index contributed by atoms with van der Waals surface area (Å²) in [5.41, 5.74) is 0.348. The molecule has 0 heterocycles. The van der Waals surface area contributed by atoms with Gasteiger partial charge in [-0.15, -0.1) is 0 Å². The number of carbonyl (C=O) groups excluding carboxylic acids is 1. The first-order chi connectivity index (χ1) is 8.40. The fraction of sp³-hybridized carbons (Fsp3) is 0.462. The minimum absolute atomic E-state index is 0.282. The molecule has 0 bridgehead atoms. The van der Waals surface area contributed by atoms with Gasteiger partial charge in [-0.2, -0.15) is 0 Å². The fourth-order valence-corrected chi connectivity index (χ4v) is 2.06. The van der Waals surface area contributed by atoms with E-state index in [1.165, 1.54) is 7.11 Å². The van der Waals surface area contributed by atoms with Crippen LogP contribution < -0.4 is 10.1 Å². The highest BCUT2D eigenvalue weighted by Crippen LogP contribution is 2.25. The Bertz CT molecular complexity index is 432. The third-order valence-corrected chi connectivity index (χ3v) is 3.27. The first-order valence-electron chi connectivity index (χ1n) is 5.56. The van der Waals surface area contributed by atoms with Crippen LogP contribution in [0.3, 0.4) is 0 Å². The van der Waals surface area contributed by atoms with E-state index in [1.54, 1.807) is 21.0 Å². The van der Waals surface area contributed by atoms with Crippen molar-refractivity contribution in [1.82, 2.24) is 5.32 Å². The second-order valence-corrected chi connectivity index (χ2v) is 5.29. The summed E-state index contributed by atoms with van der Waals surface area (Å²) in [6, 6.07) is 5.79. The lowest BCUT2D eigenvalue weighted by Crippen LogP contribution is -2.46. The standard InChI is InChI=1S/C13H18BrNO3/c1-13(2,12(16)18-4)15-8-9-5-6-11(17-3)10(14)7-9/h5-7,15H,8H2,1-4H3. The predicted octanol–water partition coefficient (Wildman–Crippen LogP) is 2.50. The zero-order chi connectivity index (χ0) is 13.8. The molecule has 1 rings (SSSR count). The number of rotatable bonds is 5. The van der Waals surface area contributed by atoms with Crippen molar-refractivity contribution >= 4 is 21.9 Å². The molecule has 0 aliphatic carbocycles. The number of benzene rings is 1. The lowest BCUT2D eigenvalue weighted by molar-refractivity contribution is -0.147. The van der Waals surface area contributed by atoms with Crippen molar-refractivity contribution in [2.45, 2.75) is 25.9 Å². The van der Waals surface area contributed by atoms with E-state index in [0.29, 0.717) is 6.54 Å². The molecule has 1 N–H and O–H groups in total. The quantitative estimate of drug-likeness (QED) is 0.848. The van der Waals surface area contributed by atoms with E-state index in [-0.39, 0.29) is 5.97 Å². The molecule has 4 nitrogen and oxygen atoms in total. The molecule has 0 radical (unpaired) electrons. The molecule has 0 aliphatic rings. The van der Waals surface area contributed by atoms with Crippen LogP contribution in [0.25, 0.3) is 0 Å². The molecular formula is C13H18BrNO3. The van der Waals surface area contributed by atoms with Crippen LogP contribution in [0.5, 0.6) is 5.75 Å². The van der Waals surface area contributed by atoms with Crippen LogP contribution >= 0.6 is 15.9 Å². The Kier molecular flexibility index (Phi) is 5.16. The van der Waals surface area contributed by atoms with E-state index in [9.17, 15) is 4.79 Å². The lowest BCUT2D eigenvalue weighted by atomic mass is 10.1. The van der Waals surface area contributed by atoms with Crippen molar-refractivity contribution in [3.63, 3.8) is 0 Å². The number of hydrogen-bond acceptors (Lipinski definition) is 4. The first-order valence-corrected chi connectivity index (χ1v) is 6.36. The number of nitrogens with one attached hydrogen (secondary N) is 1. The van der Waals surface area contributed by atoms with Crippen molar-refractivity contribution < 1.29 is 14.3 Å². The van der Waals surface area contributed by atoms with E-state index < -0.39 is 5.54 Å². The van der Waals surface area contributed by atoms with Gasteiger partial charge in [0.1, 0.15) is 11.3 Å². The number of carbonyl (C=O) groups is 1. The molecule has 0 saturated heterocycles. The summed E-state index contributed by atoms with van der Waals surface area (Å²) in [6.45, 7) is 4.15. The SMILES string of the molecule is COC(=O)C(C)(C)NCc1ccc(OC)c(Br)c1. The summed E-state index contributed by atoms with van der Waals surface area (Å²) < 4.78 is 10.8. The van der Waals surface area contributed by atoms with Gasteiger partial charge in [0.25, 0.3) is 0 Å². The maximum atomic E-state index is 11.5. The van der Waals surface area contributed by atoms with Crippen molar-refractivity contribution in [3.8, 4) is 5.75 Å². The smallest absolute Gasteiger partial charge is 0.325 e. The number of esters is 1. The van der Waals surface area contributed by atoms with E-state index >= 15 is 0 Å². The highest BCUT2D eigenvalue weighted by atomic mass is 79.9. The molecule has 100 valence electrons. The molecule has 0 aromatic heterocycles. The zero-order valence-electron chi connectivity index (χ0n) is 11.0. The minimum Gasteiger partial charge on any atom is -0.496 e. The van der Waals surface area contributed by atoms with Crippen molar-refractivity contribution in [3.05, 3.63) is 28.2 Å². The maximum Gasteiger partial charge on any atom is 0.325 e. The largest absolute Gasteiger partial charge is 0.496 e. The summed E-state index contributed by atoms with van der Waals surface area (Å²) in [5, 5.41) is 3.15. The number of halogens is 1. The van der Waals surface area contributed by atoms with Crippen LogP contribution in [-0.2, 0) is 16.1 Å². The van der Waals surface area contributed by atoms with Crippen LogP contribution in [-0.4, -0.2) is 25.7 Å². The summed E-state index contributed by atoms with van der Waals surface area (Å²) in [4.78, 5) is 11.5. The molecule has 0 fully saturated rings. The van der Waals surface area contributed by atoms with Crippen LogP contribution in [0.4, 0.5) is 0 Å². The molecule has 18 heavy (non-hydrogen) atoms. The van der Waals surface area contributed by atoms with Gasteiger partial charge in [0.2, 0.25) is 0 Å². The first kappa shape index (κ1) is 15.0. The van der Waals surface area contributed by atoms with Crippen LogP contribution in [0, 0.1) is 0 Å². The third kappa shape index (κ3) is 3.71. The Labute approximate surface area is 116 Å². The Morgan fingerprint density at radius 1 is 1.39 bits per heavy atom. The summed E-state index contributed by atoms with van der Waals surface area (Å²) in [6.07, 6.45) is 0. The van der Waals surface area contributed by atoms with E-state index in [1.807, 2.05) is 18.2 Å².